The maximum absolute atomic E-state index is 14.5. The number of aromatic nitrogens is 4. The number of nitrogen functional groups attached to an aromatic ring is 2. The molecule has 9 N–H and O–H groups in total. The van der Waals surface area contributed by atoms with Crippen molar-refractivity contribution in [3.8, 4) is 0 Å². The normalized spacial score (nSPS) is 26.8. The molecular formula is C28H39N7NaO15P2S-. The van der Waals surface area contributed by atoms with Gasteiger partial charge in [0.05, 0.1) is 18.6 Å². The van der Waals surface area contributed by atoms with Crippen molar-refractivity contribution in [3.05, 3.63) is 51.3 Å². The van der Waals surface area contributed by atoms with E-state index in [0.29, 0.717) is 19.3 Å². The number of ether oxygens (including phenoxy) is 3. The van der Waals surface area contributed by atoms with Crippen molar-refractivity contribution in [2.75, 3.05) is 38.3 Å². The number of fused-ring (bicyclic) bond motifs is 1. The first-order chi connectivity index (χ1) is 25.0. The minimum atomic E-state index is -4.75. The Morgan fingerprint density at radius 1 is 1.04 bits per heavy atom. The standard InChI is InChI=1S/C28H41N7O15P2S.Na/c1-45-23-22(17(13-47-52(43,44)53)49-27(23)35-10-7-15-24(35)32-28(30)33-25(15)41)50-51(42,31-8-4-2-3-5-19(37)38)46-12-16-20(39)21(40)26(48-16)34-9-6-14(29)11-18(34)36;/h6-7,9-11,16-17,20-23,26-27,39-40H,2-5,8,12-13,29H2,1H3,(H,31,42)(H,37,38)(H2,43,44,53)(H3,30,32,33,41);/q;+1/p-2/t16-,17-,20-,21-,22-,23-,26-,27-,51?;/m1./s1. The summed E-state index contributed by atoms with van der Waals surface area (Å²) in [6.45, 7) is -6.19. The van der Waals surface area contributed by atoms with Crippen molar-refractivity contribution < 1.29 is 91.8 Å². The van der Waals surface area contributed by atoms with E-state index in [1.807, 2.05) is 0 Å². The molecule has 26 heteroatoms. The molecule has 9 atom stereocenters. The SMILES string of the molecule is CO[C@@H]1[C@H](OP(=O)(NCCCCCC(=O)O)OC[C@H]2O[C@@H](n3ccc(N)cc3=O)[C@H](O)[C@@H]2O)[C@@H](COP([O-])([O-])=S)O[C@H]1n1ccc2c(=O)[nH]c(N)nc21.[Na+]. The number of aliphatic hydroxyl groups excluding tert-OH is 2. The summed E-state index contributed by atoms with van der Waals surface area (Å²) in [5.74, 6) is -1.20. The summed E-state index contributed by atoms with van der Waals surface area (Å²) in [4.78, 5) is 66.2. The zero-order valence-electron chi connectivity index (χ0n) is 29.0. The van der Waals surface area contributed by atoms with Gasteiger partial charge in [-0.25, -0.2) is 9.65 Å². The summed E-state index contributed by atoms with van der Waals surface area (Å²) in [5, 5.41) is 33.3. The van der Waals surface area contributed by atoms with Crippen LogP contribution in [0.5, 0.6) is 0 Å². The van der Waals surface area contributed by atoms with Crippen LogP contribution in [-0.4, -0.2) is 104 Å². The Kier molecular flexibility index (Phi) is 15.6. The average molecular weight is 831 g/mol. The molecule has 2 fully saturated rings. The van der Waals surface area contributed by atoms with Crippen LogP contribution in [-0.2, 0) is 48.9 Å². The molecule has 54 heavy (non-hydrogen) atoms. The van der Waals surface area contributed by atoms with Crippen molar-refractivity contribution in [1.29, 1.82) is 0 Å². The zero-order chi connectivity index (χ0) is 38.7. The van der Waals surface area contributed by atoms with E-state index in [-0.39, 0.29) is 65.2 Å². The molecule has 0 bridgehead atoms. The number of rotatable bonds is 18. The van der Waals surface area contributed by atoms with E-state index >= 15 is 0 Å². The van der Waals surface area contributed by atoms with Crippen molar-refractivity contribution in [1.82, 2.24) is 24.2 Å². The van der Waals surface area contributed by atoms with E-state index in [2.05, 4.69) is 26.9 Å². The number of carboxylic acid groups (broad SMARTS) is 1. The van der Waals surface area contributed by atoms with Crippen molar-refractivity contribution in [3.63, 3.8) is 0 Å². The molecule has 0 radical (unpaired) electrons. The second kappa shape index (κ2) is 18.9. The van der Waals surface area contributed by atoms with Gasteiger partial charge in [0.15, 0.2) is 18.1 Å². The van der Waals surface area contributed by atoms with E-state index < -0.39 is 93.8 Å². The Hall–Kier alpha value is -2.12. The average Bonchev–Trinajstić information content (AvgIpc) is 3.73. The van der Waals surface area contributed by atoms with Gasteiger partial charge in [-0.3, -0.25) is 33.0 Å². The van der Waals surface area contributed by atoms with Crippen LogP contribution >= 0.6 is 14.5 Å². The number of nitrogens with zero attached hydrogens (tertiary/aromatic N) is 3. The van der Waals surface area contributed by atoms with Gasteiger partial charge >= 0.3 is 43.3 Å². The summed E-state index contributed by atoms with van der Waals surface area (Å²) in [5.41, 5.74) is 10.5. The number of carboxylic acids is 1. The monoisotopic (exact) mass is 830 g/mol. The predicted octanol–water partition coefficient (Wildman–Crippen LogP) is -5.01. The molecule has 5 rings (SSSR count). The van der Waals surface area contributed by atoms with Crippen LogP contribution in [0.25, 0.3) is 11.0 Å². The number of nitrogens with two attached hydrogens (primary N) is 2. The van der Waals surface area contributed by atoms with Gasteiger partial charge in [-0.1, -0.05) is 13.1 Å². The first-order valence-electron chi connectivity index (χ1n) is 16.1. The van der Waals surface area contributed by atoms with Crippen LogP contribution in [0.4, 0.5) is 11.6 Å². The summed E-state index contributed by atoms with van der Waals surface area (Å²) >= 11 is 4.39. The van der Waals surface area contributed by atoms with Crippen LogP contribution in [0.3, 0.4) is 0 Å². The maximum atomic E-state index is 14.5. The number of pyridine rings is 1. The second-order valence-corrected chi connectivity index (χ2v) is 16.4. The fourth-order valence-electron chi connectivity index (χ4n) is 5.93. The number of H-pyrrole nitrogens is 1. The third-order valence-electron chi connectivity index (χ3n) is 8.45. The number of carbonyl (C=O) groups is 1. The molecule has 5 heterocycles. The number of hydrogen-bond acceptors (Lipinski definition) is 18. The van der Waals surface area contributed by atoms with Crippen LogP contribution in [0.15, 0.2) is 40.2 Å². The van der Waals surface area contributed by atoms with Crippen LogP contribution < -0.4 is 67.0 Å². The number of nitrogens with one attached hydrogen (secondary N) is 2. The molecule has 0 aliphatic carbocycles. The minimum Gasteiger partial charge on any atom is -0.812 e. The first-order valence-corrected chi connectivity index (χ1v) is 20.2. The van der Waals surface area contributed by atoms with Gasteiger partial charge in [-0.15, -0.1) is 11.8 Å². The molecule has 2 aliphatic rings. The number of anilines is 2. The number of methoxy groups -OCH3 is 1. The van der Waals surface area contributed by atoms with Gasteiger partial charge in [0.2, 0.25) is 5.95 Å². The van der Waals surface area contributed by atoms with Crippen molar-refractivity contribution in [2.24, 2.45) is 0 Å². The van der Waals surface area contributed by atoms with E-state index in [1.54, 1.807) is 0 Å². The molecule has 3 aromatic rings. The molecule has 3 aromatic heterocycles. The van der Waals surface area contributed by atoms with Crippen molar-refractivity contribution >= 4 is 54.9 Å². The number of aliphatic carboxylic acids is 1. The van der Waals surface area contributed by atoms with Crippen LogP contribution in [0.2, 0.25) is 0 Å². The van der Waals surface area contributed by atoms with E-state index in [9.17, 15) is 38.9 Å². The van der Waals surface area contributed by atoms with Gasteiger partial charge in [-0.2, -0.15) is 4.98 Å². The number of aromatic amines is 1. The summed E-state index contributed by atoms with van der Waals surface area (Å²) in [6.07, 6.45) is -7.57. The molecule has 22 nitrogen and oxygen atoms in total. The van der Waals surface area contributed by atoms with Gasteiger partial charge < -0.3 is 59.9 Å². The number of hydrogen-bond donors (Lipinski definition) is 7. The molecule has 0 aromatic carbocycles. The molecule has 2 aliphatic heterocycles. The van der Waals surface area contributed by atoms with E-state index in [1.165, 1.54) is 36.2 Å². The topological polar surface area (TPSA) is 333 Å². The van der Waals surface area contributed by atoms with Crippen LogP contribution in [0, 0.1) is 0 Å². The van der Waals surface area contributed by atoms with E-state index in [4.69, 9.17) is 44.4 Å². The minimum absolute atomic E-state index is 0. The Bertz CT molecular complexity index is 1980. The summed E-state index contributed by atoms with van der Waals surface area (Å²) in [7, 11) is -3.31. The molecule has 2 saturated heterocycles. The zero-order valence-corrected chi connectivity index (χ0v) is 33.6. The fourth-order valence-corrected chi connectivity index (χ4v) is 8.02. The third kappa shape index (κ3) is 10.8. The largest absolute Gasteiger partial charge is 1.00 e. The molecule has 0 saturated carbocycles. The molecule has 294 valence electrons. The molecule has 0 amide bonds. The number of aliphatic hydroxyl groups is 2. The Morgan fingerprint density at radius 2 is 1.72 bits per heavy atom. The summed E-state index contributed by atoms with van der Waals surface area (Å²) < 4.78 is 51.1. The molecule has 0 spiro atoms. The maximum Gasteiger partial charge on any atom is 1.00 e. The Balaban J connectivity index is 0.00000650. The smallest absolute Gasteiger partial charge is 0.812 e. The molecular weight excluding hydrogens is 791 g/mol. The Morgan fingerprint density at radius 3 is 2.39 bits per heavy atom. The fraction of sp³-hybridized carbons (Fsp3) is 0.571. The quantitative estimate of drug-likeness (QED) is 0.0358. The van der Waals surface area contributed by atoms with Gasteiger partial charge in [0.1, 0.15) is 36.6 Å². The third-order valence-corrected chi connectivity index (χ3v) is 10.9. The number of unbranched alkanes of at least 4 members (excludes halogenated alkanes) is 2. The van der Waals surface area contributed by atoms with E-state index in [0.717, 1.165) is 10.6 Å². The van der Waals surface area contributed by atoms with Gasteiger partial charge in [0.25, 0.3) is 11.1 Å². The van der Waals surface area contributed by atoms with Crippen molar-refractivity contribution in [2.45, 2.75) is 74.8 Å². The predicted molar refractivity (Wildman–Crippen MR) is 183 cm³/mol. The second-order valence-electron chi connectivity index (χ2n) is 12.1. The summed E-state index contributed by atoms with van der Waals surface area (Å²) in [6, 6.07) is 3.91. The van der Waals surface area contributed by atoms with Gasteiger partial charge in [0, 0.05) is 44.2 Å². The Labute approximate surface area is 333 Å². The molecule has 1 unspecified atom stereocenters. The van der Waals surface area contributed by atoms with Crippen LogP contribution in [0.1, 0.15) is 38.1 Å². The first kappa shape index (κ1) is 44.6. The van der Waals surface area contributed by atoms with Gasteiger partial charge in [-0.05, 0) is 25.0 Å².